The molecular weight excluding hydrogens is 207 g/mol. The first-order valence-electron chi connectivity index (χ1n) is 3.89. The molecule has 0 unspecified atom stereocenters. The summed E-state index contributed by atoms with van der Waals surface area (Å²) in [6.45, 7) is -0.408. The summed E-state index contributed by atoms with van der Waals surface area (Å²) in [6, 6.07) is 2.62. The minimum absolute atomic E-state index is 0.322. The molecule has 0 fully saturated rings. The van der Waals surface area contributed by atoms with Crippen molar-refractivity contribution in [2.75, 3.05) is 6.54 Å². The second-order valence-electron chi connectivity index (χ2n) is 2.55. The van der Waals surface area contributed by atoms with Crippen molar-refractivity contribution in [2.45, 2.75) is 0 Å². The Balaban J connectivity index is 3.06. The number of nitro groups is 1. The predicted octanol–water partition coefficient (Wildman–Crippen LogP) is 0.598. The molecule has 7 heteroatoms. The molecule has 0 radical (unpaired) electrons. The van der Waals surface area contributed by atoms with Crippen molar-refractivity contribution in [3.8, 4) is 5.75 Å². The van der Waals surface area contributed by atoms with Crippen LogP contribution in [-0.4, -0.2) is 17.4 Å². The highest BCUT2D eigenvalue weighted by Gasteiger charge is 2.18. The average molecular weight is 214 g/mol. The van der Waals surface area contributed by atoms with Crippen molar-refractivity contribution >= 4 is 11.7 Å². The lowest BCUT2D eigenvalue weighted by Gasteiger charge is -2.02. The number of rotatable bonds is 3. The second kappa shape index (κ2) is 4.47. The molecule has 1 aromatic carbocycles. The maximum atomic E-state index is 12.7. The second-order valence-corrected chi connectivity index (χ2v) is 2.55. The van der Waals surface area contributed by atoms with E-state index in [-0.39, 0.29) is 5.75 Å². The smallest absolute Gasteiger partial charge is 0.325 e. The molecule has 1 aromatic rings. The van der Waals surface area contributed by atoms with Crippen LogP contribution in [0.25, 0.3) is 0 Å². The topological polar surface area (TPSA) is 95.5 Å². The quantitative estimate of drug-likeness (QED) is 0.344. The fourth-order valence-electron chi connectivity index (χ4n) is 0.884. The van der Waals surface area contributed by atoms with E-state index in [4.69, 9.17) is 5.73 Å². The molecule has 0 amide bonds. The van der Waals surface area contributed by atoms with Crippen molar-refractivity contribution in [1.29, 1.82) is 0 Å². The van der Waals surface area contributed by atoms with Gasteiger partial charge in [-0.2, -0.15) is 0 Å². The summed E-state index contributed by atoms with van der Waals surface area (Å²) in [6.07, 6.45) is 0. The number of nitrogens with zero attached hydrogens (tertiary/aromatic N) is 1. The highest BCUT2D eigenvalue weighted by molar-refractivity contribution is 5.75. The van der Waals surface area contributed by atoms with Gasteiger partial charge in [-0.15, -0.1) is 0 Å². The number of hydrogen-bond acceptors (Lipinski definition) is 5. The molecule has 0 aromatic heterocycles. The minimum Gasteiger partial charge on any atom is -0.418 e. The lowest BCUT2D eigenvalue weighted by Crippen LogP contribution is -2.19. The molecule has 0 spiro atoms. The molecule has 0 aliphatic heterocycles. The van der Waals surface area contributed by atoms with Gasteiger partial charge < -0.3 is 10.5 Å². The van der Waals surface area contributed by atoms with Crippen molar-refractivity contribution in [1.82, 2.24) is 0 Å². The van der Waals surface area contributed by atoms with E-state index < -0.39 is 28.9 Å². The Morgan fingerprint density at radius 2 is 2.27 bits per heavy atom. The van der Waals surface area contributed by atoms with Crippen LogP contribution in [-0.2, 0) is 4.79 Å². The van der Waals surface area contributed by atoms with Gasteiger partial charge in [0.25, 0.3) is 0 Å². The van der Waals surface area contributed by atoms with Crippen LogP contribution in [0.1, 0.15) is 0 Å². The number of benzene rings is 1. The Morgan fingerprint density at radius 1 is 1.60 bits per heavy atom. The van der Waals surface area contributed by atoms with E-state index in [1.54, 1.807) is 0 Å². The number of ether oxygens (including phenoxy) is 1. The molecule has 0 saturated carbocycles. The van der Waals surface area contributed by atoms with Gasteiger partial charge in [-0.3, -0.25) is 14.9 Å². The summed E-state index contributed by atoms with van der Waals surface area (Å²) < 4.78 is 17.2. The van der Waals surface area contributed by atoms with Crippen LogP contribution in [0.5, 0.6) is 5.75 Å². The van der Waals surface area contributed by atoms with Crippen LogP contribution < -0.4 is 10.5 Å². The predicted molar refractivity (Wildman–Crippen MR) is 47.7 cm³/mol. The van der Waals surface area contributed by atoms with Gasteiger partial charge in [-0.05, 0) is 12.1 Å². The SMILES string of the molecule is NCC(=O)Oc1ccc(F)cc1[N+](=O)[O-]. The fraction of sp³-hybridized carbons (Fsp3) is 0.125. The zero-order chi connectivity index (χ0) is 11.4. The average Bonchev–Trinajstić information content (AvgIpc) is 2.20. The lowest BCUT2D eigenvalue weighted by atomic mass is 10.3. The van der Waals surface area contributed by atoms with Crippen LogP contribution in [0, 0.1) is 15.9 Å². The molecule has 15 heavy (non-hydrogen) atoms. The third-order valence-electron chi connectivity index (χ3n) is 1.51. The molecule has 0 atom stereocenters. The van der Waals surface area contributed by atoms with Crippen molar-refractivity contribution in [2.24, 2.45) is 5.73 Å². The zero-order valence-corrected chi connectivity index (χ0v) is 7.47. The molecule has 0 saturated heterocycles. The number of carbonyl (C=O) groups is 1. The van der Waals surface area contributed by atoms with E-state index in [1.165, 1.54) is 0 Å². The largest absolute Gasteiger partial charge is 0.418 e. The third kappa shape index (κ3) is 2.71. The Hall–Kier alpha value is -2.02. The summed E-state index contributed by atoms with van der Waals surface area (Å²) in [5.41, 5.74) is 4.34. The maximum Gasteiger partial charge on any atom is 0.325 e. The molecule has 0 bridgehead atoms. The molecular formula is C8H7FN2O4. The lowest BCUT2D eigenvalue weighted by molar-refractivity contribution is -0.385. The van der Waals surface area contributed by atoms with Crippen molar-refractivity contribution < 1.29 is 18.8 Å². The molecule has 0 heterocycles. The summed E-state index contributed by atoms with van der Waals surface area (Å²) in [5, 5.41) is 10.5. The molecule has 80 valence electrons. The van der Waals surface area contributed by atoms with Crippen molar-refractivity contribution in [3.05, 3.63) is 34.1 Å². The highest BCUT2D eigenvalue weighted by Crippen LogP contribution is 2.27. The molecule has 0 aliphatic rings. The third-order valence-corrected chi connectivity index (χ3v) is 1.51. The summed E-state index contributed by atoms with van der Waals surface area (Å²) in [5.74, 6) is -1.93. The van der Waals surface area contributed by atoms with Gasteiger partial charge in [0.1, 0.15) is 5.82 Å². The van der Waals surface area contributed by atoms with E-state index in [1.807, 2.05) is 0 Å². The van der Waals surface area contributed by atoms with E-state index in [0.29, 0.717) is 6.07 Å². The number of hydrogen-bond donors (Lipinski definition) is 1. The Bertz CT molecular complexity index is 408. The van der Waals surface area contributed by atoms with Gasteiger partial charge in [-0.1, -0.05) is 0 Å². The van der Waals surface area contributed by atoms with Gasteiger partial charge >= 0.3 is 11.7 Å². The number of esters is 1. The van der Waals surface area contributed by atoms with Crippen molar-refractivity contribution in [3.63, 3.8) is 0 Å². The van der Waals surface area contributed by atoms with Crippen LogP contribution in [0.4, 0.5) is 10.1 Å². The summed E-state index contributed by atoms with van der Waals surface area (Å²) in [7, 11) is 0. The van der Waals surface area contributed by atoms with Gasteiger partial charge in [-0.25, -0.2) is 4.39 Å². The maximum absolute atomic E-state index is 12.7. The first kappa shape index (κ1) is 11.1. The Labute approximate surface area is 83.6 Å². The minimum atomic E-state index is -0.845. The van der Waals surface area contributed by atoms with Gasteiger partial charge in [0.05, 0.1) is 17.5 Å². The number of nitro benzene ring substituents is 1. The molecule has 0 aliphatic carbocycles. The molecule has 1 rings (SSSR count). The molecule has 2 N–H and O–H groups in total. The van der Waals surface area contributed by atoms with Crippen LogP contribution >= 0.6 is 0 Å². The monoisotopic (exact) mass is 214 g/mol. The van der Waals surface area contributed by atoms with E-state index >= 15 is 0 Å². The van der Waals surface area contributed by atoms with Gasteiger partial charge in [0.15, 0.2) is 0 Å². The summed E-state index contributed by atoms with van der Waals surface area (Å²) in [4.78, 5) is 20.4. The zero-order valence-electron chi connectivity index (χ0n) is 7.47. The van der Waals surface area contributed by atoms with Gasteiger partial charge in [0.2, 0.25) is 5.75 Å². The Morgan fingerprint density at radius 3 is 2.80 bits per heavy atom. The van der Waals surface area contributed by atoms with E-state index in [0.717, 1.165) is 12.1 Å². The standard InChI is InChI=1S/C8H7FN2O4/c9-5-1-2-7(15-8(12)4-10)6(3-5)11(13)14/h1-3H,4,10H2. The Kier molecular flexibility index (Phi) is 3.29. The van der Waals surface area contributed by atoms with Gasteiger partial charge in [0, 0.05) is 0 Å². The number of halogens is 1. The van der Waals surface area contributed by atoms with Crippen LogP contribution in [0.15, 0.2) is 18.2 Å². The van der Waals surface area contributed by atoms with E-state index in [9.17, 15) is 19.3 Å². The highest BCUT2D eigenvalue weighted by atomic mass is 19.1. The number of carbonyl (C=O) groups excluding carboxylic acids is 1. The van der Waals surface area contributed by atoms with Crippen LogP contribution in [0.3, 0.4) is 0 Å². The normalized spacial score (nSPS) is 9.73. The summed E-state index contributed by atoms with van der Waals surface area (Å²) >= 11 is 0. The van der Waals surface area contributed by atoms with Crippen LogP contribution in [0.2, 0.25) is 0 Å². The molecule has 6 nitrogen and oxygen atoms in total. The fourth-order valence-corrected chi connectivity index (χ4v) is 0.884. The first-order chi connectivity index (χ1) is 7.04. The van der Waals surface area contributed by atoms with E-state index in [2.05, 4.69) is 4.74 Å². The first-order valence-corrected chi connectivity index (χ1v) is 3.89. The number of nitrogens with two attached hydrogens (primary N) is 1.